The normalized spacial score (nSPS) is 18.7. The molecule has 2 heterocycles. The molecule has 1 aliphatic carbocycles. The minimum Gasteiger partial charge on any atom is -0.390 e. The Bertz CT molecular complexity index is 1050. The van der Waals surface area contributed by atoms with Crippen molar-refractivity contribution in [2.75, 3.05) is 17.8 Å². The standard InChI is InChI=1S/C24H27N3O2S2/c28-23(27-13-11-24(29,12-14-27)15-17-3-1-4-17)18-7-9-19(10-8-18)26-31-21-6-2-5-20-22(21)25-16-30-20/h2,5-10,16-17,26,29H,1,3-4,11-15H2. The zero-order valence-electron chi connectivity index (χ0n) is 17.4. The lowest BCUT2D eigenvalue weighted by atomic mass is 9.74. The van der Waals surface area contributed by atoms with E-state index < -0.39 is 5.60 Å². The van der Waals surface area contributed by atoms with E-state index in [0.717, 1.165) is 22.5 Å². The molecule has 1 saturated carbocycles. The molecule has 3 aromatic rings. The molecule has 1 amide bonds. The summed E-state index contributed by atoms with van der Waals surface area (Å²) in [7, 11) is 0. The molecule has 5 nitrogen and oxygen atoms in total. The number of nitrogens with zero attached hydrogens (tertiary/aromatic N) is 2. The number of para-hydroxylation sites is 1. The monoisotopic (exact) mass is 453 g/mol. The molecule has 5 rings (SSSR count). The van der Waals surface area contributed by atoms with Gasteiger partial charge in [-0.3, -0.25) is 4.79 Å². The highest BCUT2D eigenvalue weighted by Crippen LogP contribution is 2.38. The van der Waals surface area contributed by atoms with Gasteiger partial charge in [-0.05, 0) is 73.5 Å². The summed E-state index contributed by atoms with van der Waals surface area (Å²) in [5.41, 5.74) is 3.94. The van der Waals surface area contributed by atoms with Crippen molar-refractivity contribution in [2.45, 2.75) is 49.0 Å². The Morgan fingerprint density at radius 3 is 2.68 bits per heavy atom. The Kier molecular flexibility index (Phi) is 5.91. The molecule has 1 aromatic heterocycles. The zero-order chi connectivity index (χ0) is 21.3. The number of hydrogen-bond donors (Lipinski definition) is 2. The van der Waals surface area contributed by atoms with Crippen LogP contribution in [0.25, 0.3) is 10.2 Å². The van der Waals surface area contributed by atoms with E-state index in [4.69, 9.17) is 0 Å². The second-order valence-electron chi connectivity index (χ2n) is 8.75. The number of nitrogens with one attached hydrogen (secondary N) is 1. The number of aromatic nitrogens is 1. The Hall–Kier alpha value is -2.09. The van der Waals surface area contributed by atoms with Gasteiger partial charge in [-0.1, -0.05) is 25.3 Å². The number of rotatable bonds is 6. The molecule has 7 heteroatoms. The molecule has 2 fully saturated rings. The third-order valence-corrected chi connectivity index (χ3v) is 8.29. The maximum Gasteiger partial charge on any atom is 0.253 e. The summed E-state index contributed by atoms with van der Waals surface area (Å²) in [6.45, 7) is 1.27. The number of amides is 1. The molecule has 1 saturated heterocycles. The van der Waals surface area contributed by atoms with E-state index in [1.165, 1.54) is 35.9 Å². The molecule has 1 aliphatic heterocycles. The predicted octanol–water partition coefficient (Wildman–Crippen LogP) is 5.57. The Labute approximate surface area is 191 Å². The van der Waals surface area contributed by atoms with Gasteiger partial charge in [-0.25, -0.2) is 4.98 Å². The number of anilines is 1. The van der Waals surface area contributed by atoms with Crippen molar-refractivity contribution in [1.82, 2.24) is 9.88 Å². The van der Waals surface area contributed by atoms with Crippen LogP contribution in [0.2, 0.25) is 0 Å². The number of carbonyl (C=O) groups excluding carboxylic acids is 1. The van der Waals surface area contributed by atoms with Crippen LogP contribution in [0.5, 0.6) is 0 Å². The van der Waals surface area contributed by atoms with Crippen molar-refractivity contribution < 1.29 is 9.90 Å². The fraction of sp³-hybridized carbons (Fsp3) is 0.417. The van der Waals surface area contributed by atoms with Crippen molar-refractivity contribution in [2.24, 2.45) is 5.92 Å². The zero-order valence-corrected chi connectivity index (χ0v) is 19.1. The van der Waals surface area contributed by atoms with Crippen molar-refractivity contribution >= 4 is 45.1 Å². The molecule has 2 aromatic carbocycles. The highest BCUT2D eigenvalue weighted by atomic mass is 32.2. The first-order valence-corrected chi connectivity index (χ1v) is 12.7. The first-order chi connectivity index (χ1) is 15.1. The van der Waals surface area contributed by atoms with Crippen molar-refractivity contribution in [3.05, 3.63) is 53.5 Å². The fourth-order valence-corrected chi connectivity index (χ4v) is 6.02. The van der Waals surface area contributed by atoms with Gasteiger partial charge in [0.15, 0.2) is 0 Å². The Morgan fingerprint density at radius 2 is 1.97 bits per heavy atom. The summed E-state index contributed by atoms with van der Waals surface area (Å²) < 4.78 is 4.53. The van der Waals surface area contributed by atoms with E-state index >= 15 is 0 Å². The summed E-state index contributed by atoms with van der Waals surface area (Å²) in [5.74, 6) is 0.741. The smallest absolute Gasteiger partial charge is 0.253 e. The van der Waals surface area contributed by atoms with E-state index in [2.05, 4.69) is 21.8 Å². The molecule has 0 unspecified atom stereocenters. The second kappa shape index (κ2) is 8.81. The first-order valence-electron chi connectivity index (χ1n) is 11.0. The van der Waals surface area contributed by atoms with E-state index in [9.17, 15) is 9.90 Å². The summed E-state index contributed by atoms with van der Waals surface area (Å²) in [6, 6.07) is 13.8. The molecule has 0 bridgehead atoms. The van der Waals surface area contributed by atoms with Crippen LogP contribution in [0.1, 0.15) is 48.9 Å². The lowest BCUT2D eigenvalue weighted by Crippen LogP contribution is -2.47. The second-order valence-corrected chi connectivity index (χ2v) is 10.5. The van der Waals surface area contributed by atoms with Crippen LogP contribution in [0.3, 0.4) is 0 Å². The number of hydrogen-bond acceptors (Lipinski definition) is 6. The minimum absolute atomic E-state index is 0.0529. The molecular formula is C24H27N3O2S2. The fourth-order valence-electron chi connectivity index (χ4n) is 4.48. The number of carbonyl (C=O) groups is 1. The highest BCUT2D eigenvalue weighted by molar-refractivity contribution is 8.00. The van der Waals surface area contributed by atoms with Gasteiger partial charge in [0, 0.05) is 24.3 Å². The van der Waals surface area contributed by atoms with Crippen LogP contribution in [-0.4, -0.2) is 39.6 Å². The highest BCUT2D eigenvalue weighted by Gasteiger charge is 2.37. The molecule has 0 atom stereocenters. The quantitative estimate of drug-likeness (QED) is 0.478. The summed E-state index contributed by atoms with van der Waals surface area (Å²) in [5, 5.41) is 10.9. The number of benzene rings is 2. The third-order valence-electron chi connectivity index (χ3n) is 6.61. The van der Waals surface area contributed by atoms with E-state index in [0.29, 0.717) is 37.4 Å². The van der Waals surface area contributed by atoms with Gasteiger partial charge in [-0.2, -0.15) is 0 Å². The molecule has 0 radical (unpaired) electrons. The third kappa shape index (κ3) is 4.59. The van der Waals surface area contributed by atoms with Gasteiger partial charge < -0.3 is 14.7 Å². The van der Waals surface area contributed by atoms with Crippen LogP contribution in [0.4, 0.5) is 5.69 Å². The molecule has 2 aliphatic rings. The number of piperidine rings is 1. The molecular weight excluding hydrogens is 426 g/mol. The van der Waals surface area contributed by atoms with Crippen molar-refractivity contribution in [3.63, 3.8) is 0 Å². The Morgan fingerprint density at radius 1 is 1.19 bits per heavy atom. The van der Waals surface area contributed by atoms with Gasteiger partial charge in [0.25, 0.3) is 5.91 Å². The number of aliphatic hydroxyl groups is 1. The van der Waals surface area contributed by atoms with Crippen LogP contribution >= 0.6 is 23.3 Å². The first kappa shape index (κ1) is 20.8. The van der Waals surface area contributed by atoms with Gasteiger partial charge in [-0.15, -0.1) is 11.3 Å². The van der Waals surface area contributed by atoms with Crippen molar-refractivity contribution in [3.8, 4) is 0 Å². The average molecular weight is 454 g/mol. The maximum atomic E-state index is 12.9. The van der Waals surface area contributed by atoms with Crippen LogP contribution in [-0.2, 0) is 0 Å². The summed E-state index contributed by atoms with van der Waals surface area (Å²) in [6.07, 6.45) is 6.09. The molecule has 31 heavy (non-hydrogen) atoms. The van der Waals surface area contributed by atoms with E-state index in [1.807, 2.05) is 40.7 Å². The SMILES string of the molecule is O=C(c1ccc(NSc2cccc3scnc23)cc1)N1CCC(O)(CC2CCC2)CC1. The Balaban J connectivity index is 1.16. The summed E-state index contributed by atoms with van der Waals surface area (Å²) >= 11 is 3.17. The van der Waals surface area contributed by atoms with Gasteiger partial charge >= 0.3 is 0 Å². The van der Waals surface area contributed by atoms with Crippen LogP contribution in [0, 0.1) is 5.92 Å². The largest absolute Gasteiger partial charge is 0.390 e. The number of thiazole rings is 1. The van der Waals surface area contributed by atoms with E-state index in [1.54, 1.807) is 11.3 Å². The van der Waals surface area contributed by atoms with Crippen LogP contribution in [0.15, 0.2) is 52.9 Å². The minimum atomic E-state index is -0.576. The van der Waals surface area contributed by atoms with Crippen LogP contribution < -0.4 is 4.72 Å². The molecule has 2 N–H and O–H groups in total. The predicted molar refractivity (Wildman–Crippen MR) is 128 cm³/mol. The van der Waals surface area contributed by atoms with Gasteiger partial charge in [0.05, 0.1) is 26.2 Å². The van der Waals surface area contributed by atoms with Gasteiger partial charge in [0.1, 0.15) is 0 Å². The van der Waals surface area contributed by atoms with Gasteiger partial charge in [0.2, 0.25) is 0 Å². The lowest BCUT2D eigenvalue weighted by Gasteiger charge is -2.41. The maximum absolute atomic E-state index is 12.9. The lowest BCUT2D eigenvalue weighted by molar-refractivity contribution is -0.0419. The topological polar surface area (TPSA) is 65.5 Å². The summed E-state index contributed by atoms with van der Waals surface area (Å²) in [4.78, 5) is 20.3. The molecule has 162 valence electrons. The average Bonchev–Trinajstić information content (AvgIpc) is 3.25. The van der Waals surface area contributed by atoms with E-state index in [-0.39, 0.29) is 5.91 Å². The number of likely N-dealkylation sites (tertiary alicyclic amines) is 1. The van der Waals surface area contributed by atoms with Crippen molar-refractivity contribution in [1.29, 1.82) is 0 Å². The molecule has 0 spiro atoms. The number of fused-ring (bicyclic) bond motifs is 1.